The molecule has 0 bridgehead atoms. The zero-order chi connectivity index (χ0) is 22.9. The summed E-state index contributed by atoms with van der Waals surface area (Å²) in [4.78, 5) is 0. The summed E-state index contributed by atoms with van der Waals surface area (Å²) in [6, 6.07) is 0. The Morgan fingerprint density at radius 2 is 0.677 bits per heavy atom. The van der Waals surface area contributed by atoms with E-state index in [2.05, 4.69) is 13.8 Å². The van der Waals surface area contributed by atoms with E-state index in [0.29, 0.717) is 13.2 Å². The molecule has 0 unspecified atom stereocenters. The maximum absolute atomic E-state index is 14.2. The third-order valence-electron chi connectivity index (χ3n) is 5.99. The largest absolute Gasteiger partial charge is 0.365 e. The number of rotatable bonds is 26. The highest BCUT2D eigenvalue weighted by Crippen LogP contribution is 2.50. The molecule has 0 aromatic carbocycles. The fraction of sp³-hybridized carbons (Fsp3) is 1.00. The van der Waals surface area contributed by atoms with Crippen molar-refractivity contribution in [2.75, 3.05) is 13.2 Å². The highest BCUT2D eigenvalue weighted by Gasteiger charge is 2.16. The van der Waals surface area contributed by atoms with Crippen molar-refractivity contribution in [3.63, 3.8) is 0 Å². The van der Waals surface area contributed by atoms with Gasteiger partial charge in [0.05, 0.1) is 13.2 Å². The van der Waals surface area contributed by atoms with Crippen LogP contribution < -0.4 is 0 Å². The van der Waals surface area contributed by atoms with Crippen molar-refractivity contribution < 1.29 is 13.2 Å². The molecule has 0 aliphatic carbocycles. The average Bonchev–Trinajstić information content (AvgIpc) is 2.75. The van der Waals surface area contributed by atoms with Crippen LogP contribution in [0.25, 0.3) is 0 Å². The molecule has 31 heavy (non-hydrogen) atoms. The normalized spacial score (nSPS) is 12.0. The van der Waals surface area contributed by atoms with Gasteiger partial charge in [0.25, 0.3) is 0 Å². The molecule has 0 rings (SSSR count). The number of unbranched alkanes of at least 4 members (excludes halogenated alkanes) is 20. The summed E-state index contributed by atoms with van der Waals surface area (Å²) in [7, 11) is 0. The third kappa shape index (κ3) is 26.6. The molecule has 5 heteroatoms. The minimum Gasteiger partial charge on any atom is -0.306 e. The second-order valence-electron chi connectivity index (χ2n) is 9.17. The van der Waals surface area contributed by atoms with E-state index in [1.54, 1.807) is 0 Å². The maximum Gasteiger partial charge on any atom is 0.365 e. The Morgan fingerprint density at radius 1 is 0.452 bits per heavy atom. The molecular formula is C26H54FO2PS. The van der Waals surface area contributed by atoms with Gasteiger partial charge in [-0.25, -0.2) is 0 Å². The minimum absolute atomic E-state index is 0.406. The lowest BCUT2D eigenvalue weighted by Crippen LogP contribution is -1.96. The number of hydrogen-bond acceptors (Lipinski definition) is 3. The van der Waals surface area contributed by atoms with Crippen molar-refractivity contribution in [3.05, 3.63) is 0 Å². The van der Waals surface area contributed by atoms with Crippen LogP contribution in [0.15, 0.2) is 0 Å². The fourth-order valence-electron chi connectivity index (χ4n) is 3.92. The second-order valence-corrected chi connectivity index (χ2v) is 11.9. The number of hydrogen-bond donors (Lipinski definition) is 0. The van der Waals surface area contributed by atoms with Gasteiger partial charge in [-0.2, -0.15) is 4.20 Å². The van der Waals surface area contributed by atoms with Gasteiger partial charge in [0, 0.05) is 0 Å². The van der Waals surface area contributed by atoms with Crippen molar-refractivity contribution in [3.8, 4) is 0 Å². The van der Waals surface area contributed by atoms with Crippen molar-refractivity contribution in [2.24, 2.45) is 0 Å². The first-order valence-corrected chi connectivity index (χ1v) is 16.2. The van der Waals surface area contributed by atoms with E-state index in [4.69, 9.17) is 20.9 Å². The van der Waals surface area contributed by atoms with Gasteiger partial charge >= 0.3 is 6.80 Å². The summed E-state index contributed by atoms with van der Waals surface area (Å²) in [6.45, 7) is 1.81. The molecule has 0 aromatic rings. The Morgan fingerprint density at radius 3 is 0.935 bits per heavy atom. The highest BCUT2D eigenvalue weighted by atomic mass is 32.5. The first kappa shape index (κ1) is 31.5. The van der Waals surface area contributed by atoms with Crippen LogP contribution in [0.2, 0.25) is 0 Å². The predicted molar refractivity (Wildman–Crippen MR) is 140 cm³/mol. The molecule has 0 N–H and O–H groups in total. The van der Waals surface area contributed by atoms with Crippen LogP contribution in [0.5, 0.6) is 0 Å². The summed E-state index contributed by atoms with van der Waals surface area (Å²) < 4.78 is 24.7. The van der Waals surface area contributed by atoms with Gasteiger partial charge in [-0.15, -0.1) is 0 Å². The molecule has 0 aromatic heterocycles. The Balaban J connectivity index is 3.30. The molecule has 2 nitrogen and oxygen atoms in total. The molecule has 0 fully saturated rings. The monoisotopic (exact) mass is 480 g/mol. The van der Waals surface area contributed by atoms with Gasteiger partial charge < -0.3 is 9.05 Å². The summed E-state index contributed by atoms with van der Waals surface area (Å²) in [5.41, 5.74) is 0. The van der Waals surface area contributed by atoms with Gasteiger partial charge in [-0.05, 0) is 24.6 Å². The van der Waals surface area contributed by atoms with Gasteiger partial charge in [-0.3, -0.25) is 0 Å². The van der Waals surface area contributed by atoms with Crippen LogP contribution in [0.4, 0.5) is 4.20 Å². The van der Waals surface area contributed by atoms with Crippen molar-refractivity contribution in [1.29, 1.82) is 0 Å². The Kier molecular flexibility index (Phi) is 25.5. The van der Waals surface area contributed by atoms with Crippen molar-refractivity contribution in [2.45, 2.75) is 155 Å². The molecule has 0 amide bonds. The molecular weight excluding hydrogens is 426 g/mol. The van der Waals surface area contributed by atoms with Gasteiger partial charge in [0.1, 0.15) is 0 Å². The van der Waals surface area contributed by atoms with E-state index >= 15 is 0 Å². The van der Waals surface area contributed by atoms with Crippen LogP contribution >= 0.6 is 6.80 Å². The Labute approximate surface area is 200 Å². The summed E-state index contributed by atoms with van der Waals surface area (Å²) in [6.07, 6.45) is 28.1. The average molecular weight is 481 g/mol. The van der Waals surface area contributed by atoms with Crippen LogP contribution in [0.1, 0.15) is 155 Å². The SMILES string of the molecule is CCCCCCCCCCCCCOP(F)(=S)OCCCCCCCCCCCCC. The van der Waals surface area contributed by atoms with Crippen LogP contribution in [0.3, 0.4) is 0 Å². The van der Waals surface area contributed by atoms with Crippen molar-refractivity contribution in [1.82, 2.24) is 0 Å². The lowest BCUT2D eigenvalue weighted by molar-refractivity contribution is 0.213. The maximum atomic E-state index is 14.2. The molecule has 0 saturated heterocycles. The third-order valence-corrected chi connectivity index (χ3v) is 7.60. The molecule has 188 valence electrons. The predicted octanol–water partition coefficient (Wildman–Crippen LogP) is 10.8. The molecule has 0 saturated carbocycles. The van der Waals surface area contributed by atoms with Crippen LogP contribution in [-0.2, 0) is 20.9 Å². The van der Waals surface area contributed by atoms with Crippen molar-refractivity contribution >= 4 is 18.6 Å². The second kappa shape index (κ2) is 25.1. The first-order valence-electron chi connectivity index (χ1n) is 13.7. The standard InChI is InChI=1S/C26H54FO2PS/c1-3-5-7-9-11-13-15-17-19-21-23-25-28-30(27,31)29-26-24-22-20-18-16-14-12-10-8-6-4-2/h3-26H2,1-2H3. The zero-order valence-electron chi connectivity index (χ0n) is 21.0. The smallest absolute Gasteiger partial charge is 0.306 e. The zero-order valence-corrected chi connectivity index (χ0v) is 22.7. The van der Waals surface area contributed by atoms with E-state index in [0.717, 1.165) is 25.7 Å². The van der Waals surface area contributed by atoms with E-state index in [1.807, 2.05) is 0 Å². The number of halogens is 1. The molecule has 0 spiro atoms. The van der Waals surface area contributed by atoms with E-state index in [-0.39, 0.29) is 0 Å². The first-order chi connectivity index (χ1) is 15.1. The molecule has 0 radical (unpaired) electrons. The topological polar surface area (TPSA) is 18.5 Å². The molecule has 0 aliphatic heterocycles. The van der Waals surface area contributed by atoms with E-state index < -0.39 is 6.80 Å². The van der Waals surface area contributed by atoms with Crippen LogP contribution in [-0.4, -0.2) is 13.2 Å². The minimum atomic E-state index is -3.52. The quantitative estimate of drug-likeness (QED) is 0.0905. The summed E-state index contributed by atoms with van der Waals surface area (Å²) in [5.74, 6) is 0. The lowest BCUT2D eigenvalue weighted by Gasteiger charge is -2.13. The van der Waals surface area contributed by atoms with Gasteiger partial charge in [-0.1, -0.05) is 142 Å². The molecule has 0 aliphatic rings. The molecule has 0 heterocycles. The van der Waals surface area contributed by atoms with Gasteiger partial charge in [0.15, 0.2) is 0 Å². The summed E-state index contributed by atoms with van der Waals surface area (Å²) in [5, 5.41) is 0. The highest BCUT2D eigenvalue weighted by molar-refractivity contribution is 8.07. The van der Waals surface area contributed by atoms with Gasteiger partial charge in [0.2, 0.25) is 0 Å². The molecule has 0 atom stereocenters. The van der Waals surface area contributed by atoms with E-state index in [1.165, 1.54) is 116 Å². The van der Waals surface area contributed by atoms with E-state index in [9.17, 15) is 4.20 Å². The Hall–Kier alpha value is 0.500. The summed E-state index contributed by atoms with van der Waals surface area (Å²) >= 11 is 4.90. The van der Waals surface area contributed by atoms with Crippen LogP contribution in [0, 0.1) is 0 Å². The fourth-order valence-corrected chi connectivity index (χ4v) is 5.13. The lowest BCUT2D eigenvalue weighted by atomic mass is 10.1. The Bertz CT molecular complexity index is 364.